The highest BCUT2D eigenvalue weighted by atomic mass is 16.3. The zero-order valence-corrected chi connectivity index (χ0v) is 15.4. The SMILES string of the molecule is C#C[C@]1(O)CC[C@H]2[C@@H]3[C@@H](O)CC4[C@H](O)[C@@H](O)CC[C@]4(C)[C@H]3CC[C@@]21C. The molecular formula is C21H32O4. The molecule has 10 atom stereocenters. The molecular weight excluding hydrogens is 316 g/mol. The third-order valence-corrected chi connectivity index (χ3v) is 9.14. The van der Waals surface area contributed by atoms with Crippen LogP contribution in [0.3, 0.4) is 0 Å². The van der Waals surface area contributed by atoms with Crippen molar-refractivity contribution >= 4 is 0 Å². The standard InChI is InChI=1S/C21H32O4/c1-4-21(25)10-6-13-17-12(5-9-20(13,21)3)19(2)8-7-15(22)18(24)14(19)11-16(17)23/h1,12-18,22-25H,5-11H2,2-3H3/t12-,13-,14?,15-,16-,17+,18-,19+,20-,21-/m0/s1. The lowest BCUT2D eigenvalue weighted by Gasteiger charge is -2.63. The number of rotatable bonds is 0. The molecule has 4 heteroatoms. The van der Waals surface area contributed by atoms with E-state index in [2.05, 4.69) is 19.8 Å². The molecule has 0 aromatic heterocycles. The summed E-state index contributed by atoms with van der Waals surface area (Å²) >= 11 is 0. The molecule has 140 valence electrons. The van der Waals surface area contributed by atoms with E-state index in [9.17, 15) is 20.4 Å². The van der Waals surface area contributed by atoms with Crippen LogP contribution in [0.5, 0.6) is 0 Å². The lowest BCUT2D eigenvalue weighted by Crippen LogP contribution is -2.63. The van der Waals surface area contributed by atoms with Gasteiger partial charge in [-0.3, -0.25) is 0 Å². The second-order valence-corrected chi connectivity index (χ2v) is 9.80. The Balaban J connectivity index is 1.71. The van der Waals surface area contributed by atoms with E-state index in [0.717, 1.165) is 25.7 Å². The maximum absolute atomic E-state index is 11.0. The molecule has 0 heterocycles. The van der Waals surface area contributed by atoms with Gasteiger partial charge < -0.3 is 20.4 Å². The summed E-state index contributed by atoms with van der Waals surface area (Å²) in [5.74, 6) is 3.30. The molecule has 0 aliphatic heterocycles. The molecule has 0 amide bonds. The van der Waals surface area contributed by atoms with Gasteiger partial charge in [0.1, 0.15) is 5.60 Å². The van der Waals surface area contributed by atoms with Gasteiger partial charge in [-0.1, -0.05) is 19.8 Å². The van der Waals surface area contributed by atoms with Gasteiger partial charge in [-0.25, -0.2) is 0 Å². The molecule has 0 aromatic rings. The Morgan fingerprint density at radius 1 is 0.880 bits per heavy atom. The molecule has 4 aliphatic carbocycles. The summed E-state index contributed by atoms with van der Waals surface area (Å²) < 4.78 is 0. The Hall–Kier alpha value is -0.600. The van der Waals surface area contributed by atoms with Crippen LogP contribution in [0.1, 0.15) is 58.8 Å². The minimum absolute atomic E-state index is 0.0511. The van der Waals surface area contributed by atoms with Crippen LogP contribution in [-0.2, 0) is 0 Å². The van der Waals surface area contributed by atoms with Gasteiger partial charge in [0.2, 0.25) is 0 Å². The highest BCUT2D eigenvalue weighted by molar-refractivity contribution is 5.24. The largest absolute Gasteiger partial charge is 0.393 e. The lowest BCUT2D eigenvalue weighted by atomic mass is 9.43. The predicted octanol–water partition coefficient (Wildman–Crippen LogP) is 1.70. The van der Waals surface area contributed by atoms with Crippen molar-refractivity contribution in [3.05, 3.63) is 0 Å². The molecule has 0 saturated heterocycles. The number of hydrogen-bond acceptors (Lipinski definition) is 4. The fourth-order valence-corrected chi connectivity index (χ4v) is 7.52. The Morgan fingerprint density at radius 2 is 1.56 bits per heavy atom. The first-order valence-corrected chi connectivity index (χ1v) is 9.92. The molecule has 4 fully saturated rings. The van der Waals surface area contributed by atoms with Gasteiger partial charge in [0, 0.05) is 5.41 Å². The third kappa shape index (κ3) is 2.10. The van der Waals surface area contributed by atoms with E-state index in [1.54, 1.807) is 0 Å². The maximum Gasteiger partial charge on any atom is 0.130 e. The summed E-state index contributed by atoms with van der Waals surface area (Å²) in [6.45, 7) is 4.36. The Labute approximate surface area is 150 Å². The van der Waals surface area contributed by atoms with Gasteiger partial charge in [-0.2, -0.15) is 0 Å². The minimum Gasteiger partial charge on any atom is -0.393 e. The van der Waals surface area contributed by atoms with Gasteiger partial charge in [0.05, 0.1) is 18.3 Å². The Kier molecular flexibility index (Phi) is 3.88. The van der Waals surface area contributed by atoms with Crippen molar-refractivity contribution in [2.75, 3.05) is 0 Å². The molecule has 4 nitrogen and oxygen atoms in total. The number of hydrogen-bond donors (Lipinski definition) is 4. The highest BCUT2D eigenvalue weighted by Gasteiger charge is 2.67. The van der Waals surface area contributed by atoms with E-state index >= 15 is 0 Å². The average molecular weight is 348 g/mol. The predicted molar refractivity (Wildman–Crippen MR) is 94.3 cm³/mol. The summed E-state index contributed by atoms with van der Waals surface area (Å²) in [4.78, 5) is 0. The van der Waals surface area contributed by atoms with Crippen LogP contribution < -0.4 is 0 Å². The zero-order valence-electron chi connectivity index (χ0n) is 15.4. The molecule has 4 saturated carbocycles. The third-order valence-electron chi connectivity index (χ3n) is 9.14. The first kappa shape index (κ1) is 17.8. The summed E-state index contributed by atoms with van der Waals surface area (Å²) in [6, 6.07) is 0. The normalized spacial score (nSPS) is 60.9. The fourth-order valence-electron chi connectivity index (χ4n) is 7.52. The van der Waals surface area contributed by atoms with E-state index in [0.29, 0.717) is 25.2 Å². The zero-order chi connectivity index (χ0) is 18.2. The maximum atomic E-state index is 11.0. The van der Waals surface area contributed by atoms with Crippen molar-refractivity contribution in [2.24, 2.45) is 34.5 Å². The van der Waals surface area contributed by atoms with Crippen molar-refractivity contribution in [3.8, 4) is 12.3 Å². The van der Waals surface area contributed by atoms with E-state index in [1.807, 2.05) is 0 Å². The van der Waals surface area contributed by atoms with E-state index in [4.69, 9.17) is 6.42 Å². The number of fused-ring (bicyclic) bond motifs is 5. The molecule has 4 aliphatic rings. The summed E-state index contributed by atoms with van der Waals surface area (Å²) in [7, 11) is 0. The molecule has 4 N–H and O–H groups in total. The van der Waals surface area contributed by atoms with Crippen molar-refractivity contribution in [1.29, 1.82) is 0 Å². The number of aliphatic hydroxyl groups is 4. The Morgan fingerprint density at radius 3 is 2.24 bits per heavy atom. The molecule has 1 unspecified atom stereocenters. The van der Waals surface area contributed by atoms with Crippen LogP contribution in [0, 0.1) is 46.8 Å². The molecule has 0 spiro atoms. The highest BCUT2D eigenvalue weighted by Crippen LogP contribution is 2.68. The number of terminal acetylenes is 1. The number of aliphatic hydroxyl groups excluding tert-OH is 3. The van der Waals surface area contributed by atoms with E-state index in [-0.39, 0.29) is 28.6 Å². The molecule has 0 radical (unpaired) electrons. The van der Waals surface area contributed by atoms with Crippen LogP contribution in [0.25, 0.3) is 0 Å². The lowest BCUT2D eigenvalue weighted by molar-refractivity contribution is -0.212. The van der Waals surface area contributed by atoms with Crippen molar-refractivity contribution < 1.29 is 20.4 Å². The quantitative estimate of drug-likeness (QED) is 0.502. The second-order valence-electron chi connectivity index (χ2n) is 9.80. The van der Waals surface area contributed by atoms with E-state index < -0.39 is 23.9 Å². The monoisotopic (exact) mass is 348 g/mol. The van der Waals surface area contributed by atoms with Crippen LogP contribution in [-0.4, -0.2) is 44.3 Å². The Bertz CT molecular complexity index is 599. The van der Waals surface area contributed by atoms with E-state index in [1.165, 1.54) is 0 Å². The fraction of sp³-hybridized carbons (Fsp3) is 0.905. The van der Waals surface area contributed by atoms with Crippen LogP contribution in [0.15, 0.2) is 0 Å². The van der Waals surface area contributed by atoms with Crippen LogP contribution in [0.4, 0.5) is 0 Å². The van der Waals surface area contributed by atoms with Gasteiger partial charge in [0.25, 0.3) is 0 Å². The first-order valence-electron chi connectivity index (χ1n) is 9.92. The smallest absolute Gasteiger partial charge is 0.130 e. The van der Waals surface area contributed by atoms with Crippen molar-refractivity contribution in [1.82, 2.24) is 0 Å². The second kappa shape index (κ2) is 5.45. The molecule has 0 aromatic carbocycles. The van der Waals surface area contributed by atoms with Gasteiger partial charge >= 0.3 is 0 Å². The molecule has 4 rings (SSSR count). The summed E-state index contributed by atoms with van der Waals surface area (Å²) in [6.07, 6.45) is 9.13. The molecule has 0 bridgehead atoms. The van der Waals surface area contributed by atoms with Gasteiger partial charge in [-0.15, -0.1) is 6.42 Å². The summed E-state index contributed by atoms with van der Waals surface area (Å²) in [5.41, 5.74) is -1.46. The minimum atomic E-state index is -1.07. The van der Waals surface area contributed by atoms with Crippen LogP contribution >= 0.6 is 0 Å². The van der Waals surface area contributed by atoms with Crippen molar-refractivity contribution in [3.63, 3.8) is 0 Å². The van der Waals surface area contributed by atoms with Gasteiger partial charge in [0.15, 0.2) is 0 Å². The first-order chi connectivity index (χ1) is 11.7. The van der Waals surface area contributed by atoms with Crippen molar-refractivity contribution in [2.45, 2.75) is 82.7 Å². The topological polar surface area (TPSA) is 80.9 Å². The molecule has 25 heavy (non-hydrogen) atoms. The summed E-state index contributed by atoms with van der Waals surface area (Å²) in [5, 5.41) is 42.7. The van der Waals surface area contributed by atoms with Gasteiger partial charge in [-0.05, 0) is 74.0 Å². The average Bonchev–Trinajstić information content (AvgIpc) is 2.86. The van der Waals surface area contributed by atoms with Crippen LogP contribution in [0.2, 0.25) is 0 Å².